The number of allylic oxidation sites excluding steroid dienone is 1. The average molecular weight is 386 g/mol. The Kier molecular flexibility index (Phi) is 4.89. The first-order chi connectivity index (χ1) is 13.3. The van der Waals surface area contributed by atoms with E-state index < -0.39 is 23.3 Å². The van der Waals surface area contributed by atoms with Crippen LogP contribution < -0.4 is 10.6 Å². The Morgan fingerprint density at radius 2 is 1.68 bits per heavy atom. The van der Waals surface area contributed by atoms with Crippen LogP contribution in [0.15, 0.2) is 47.0 Å². The maximum Gasteiger partial charge on any atom is 0.339 e. The molecule has 3 rings (SSSR count). The Morgan fingerprint density at radius 3 is 2.29 bits per heavy atom. The van der Waals surface area contributed by atoms with Crippen LogP contribution in [0.25, 0.3) is 0 Å². The molecule has 1 spiro atoms. The molecular formula is C20H22N2O6. The first kappa shape index (κ1) is 19.5. The summed E-state index contributed by atoms with van der Waals surface area (Å²) in [5, 5.41) is 0. The molecule has 8 nitrogen and oxygen atoms in total. The number of fused-ring (bicyclic) bond motifs is 2. The number of cyclic esters (lactones) is 1. The smallest absolute Gasteiger partial charge is 0.339 e. The number of benzene rings is 1. The van der Waals surface area contributed by atoms with Crippen molar-refractivity contribution in [1.82, 2.24) is 0 Å². The first-order valence-corrected chi connectivity index (χ1v) is 8.93. The van der Waals surface area contributed by atoms with Gasteiger partial charge in [0.25, 0.3) is 0 Å². The first-order valence-electron chi connectivity index (χ1n) is 8.93. The summed E-state index contributed by atoms with van der Waals surface area (Å²) >= 11 is 0. The predicted molar refractivity (Wildman–Crippen MR) is 99.8 cm³/mol. The molecule has 0 bridgehead atoms. The number of hydrogen-bond acceptors (Lipinski definition) is 8. The van der Waals surface area contributed by atoms with E-state index in [4.69, 9.17) is 19.9 Å². The van der Waals surface area contributed by atoms with Crippen molar-refractivity contribution < 1.29 is 28.6 Å². The molecule has 0 fully saturated rings. The van der Waals surface area contributed by atoms with Crippen molar-refractivity contribution in [2.75, 3.05) is 25.2 Å². The van der Waals surface area contributed by atoms with Gasteiger partial charge in [0.2, 0.25) is 0 Å². The van der Waals surface area contributed by atoms with Crippen LogP contribution in [0, 0.1) is 0 Å². The SMILES string of the molecule is CCOC(=O)C1=C(C)OC(=O)[C@@]12C(C(=O)OCC)=C(N)N(C)c1ccccc12. The highest BCUT2D eigenvalue weighted by Crippen LogP contribution is 2.53. The zero-order valence-electron chi connectivity index (χ0n) is 16.2. The fourth-order valence-corrected chi connectivity index (χ4v) is 3.77. The van der Waals surface area contributed by atoms with Crippen molar-refractivity contribution in [2.24, 2.45) is 5.73 Å². The van der Waals surface area contributed by atoms with E-state index in [2.05, 4.69) is 0 Å². The Balaban J connectivity index is 2.42. The number of para-hydroxylation sites is 1. The van der Waals surface area contributed by atoms with Crippen LogP contribution in [-0.4, -0.2) is 38.2 Å². The Hall–Kier alpha value is -3.29. The van der Waals surface area contributed by atoms with Gasteiger partial charge < -0.3 is 24.8 Å². The predicted octanol–water partition coefficient (Wildman–Crippen LogP) is 1.50. The molecule has 28 heavy (non-hydrogen) atoms. The van der Waals surface area contributed by atoms with Gasteiger partial charge in [-0.1, -0.05) is 18.2 Å². The standard InChI is InChI=1S/C20H22N2O6/c1-5-26-17(23)14-11(3)28-19(25)20(14)12-9-7-8-10-13(12)22(4)16(21)15(20)18(24)27-6-2/h7-10H,5-6,21H2,1-4H3/t20-/m1/s1. The second-order valence-electron chi connectivity index (χ2n) is 6.35. The van der Waals surface area contributed by atoms with Crippen molar-refractivity contribution in [1.29, 1.82) is 0 Å². The molecule has 0 saturated heterocycles. The van der Waals surface area contributed by atoms with E-state index in [0.29, 0.717) is 11.3 Å². The highest BCUT2D eigenvalue weighted by atomic mass is 16.6. The summed E-state index contributed by atoms with van der Waals surface area (Å²) in [5.74, 6) is -2.27. The number of nitrogens with zero attached hydrogens (tertiary/aromatic N) is 1. The lowest BCUT2D eigenvalue weighted by Gasteiger charge is -2.39. The van der Waals surface area contributed by atoms with E-state index >= 15 is 0 Å². The molecule has 2 aliphatic heterocycles. The van der Waals surface area contributed by atoms with Gasteiger partial charge >= 0.3 is 17.9 Å². The van der Waals surface area contributed by atoms with Gasteiger partial charge in [-0.2, -0.15) is 0 Å². The van der Waals surface area contributed by atoms with Gasteiger partial charge in [-0.3, -0.25) is 0 Å². The summed E-state index contributed by atoms with van der Waals surface area (Å²) in [6.45, 7) is 4.94. The van der Waals surface area contributed by atoms with Gasteiger partial charge in [-0.25, -0.2) is 14.4 Å². The van der Waals surface area contributed by atoms with Gasteiger partial charge in [-0.15, -0.1) is 0 Å². The lowest BCUT2D eigenvalue weighted by atomic mass is 9.66. The second-order valence-corrected chi connectivity index (χ2v) is 6.35. The quantitative estimate of drug-likeness (QED) is 0.613. The number of carbonyl (C=O) groups excluding carboxylic acids is 3. The summed E-state index contributed by atoms with van der Waals surface area (Å²) in [4.78, 5) is 40.6. The topological polar surface area (TPSA) is 108 Å². The number of hydrogen-bond donors (Lipinski definition) is 1. The van der Waals surface area contributed by atoms with Gasteiger partial charge in [0.15, 0.2) is 5.41 Å². The van der Waals surface area contributed by atoms with Gasteiger partial charge in [0.05, 0.1) is 13.2 Å². The number of carbonyl (C=O) groups is 3. The molecule has 0 aromatic heterocycles. The van der Waals surface area contributed by atoms with Crippen LogP contribution in [0.3, 0.4) is 0 Å². The molecule has 0 saturated carbocycles. The van der Waals surface area contributed by atoms with Crippen LogP contribution >= 0.6 is 0 Å². The van der Waals surface area contributed by atoms with E-state index in [-0.39, 0.29) is 35.9 Å². The monoisotopic (exact) mass is 386 g/mol. The van der Waals surface area contributed by atoms with E-state index in [0.717, 1.165) is 0 Å². The van der Waals surface area contributed by atoms with E-state index in [1.807, 2.05) is 0 Å². The number of esters is 3. The lowest BCUT2D eigenvalue weighted by molar-refractivity contribution is -0.147. The number of anilines is 1. The molecule has 1 aromatic rings. The third-order valence-corrected chi connectivity index (χ3v) is 4.90. The molecule has 0 amide bonds. The summed E-state index contributed by atoms with van der Waals surface area (Å²) in [6.07, 6.45) is 0. The maximum atomic E-state index is 13.2. The van der Waals surface area contributed by atoms with E-state index in [9.17, 15) is 14.4 Å². The van der Waals surface area contributed by atoms with Crippen LogP contribution in [0.5, 0.6) is 0 Å². The summed E-state index contributed by atoms with van der Waals surface area (Å²) in [5.41, 5.74) is 5.19. The van der Waals surface area contributed by atoms with Gasteiger partial charge in [-0.05, 0) is 26.8 Å². The molecule has 148 valence electrons. The number of rotatable bonds is 4. The molecular weight excluding hydrogens is 364 g/mol. The third kappa shape index (κ3) is 2.48. The van der Waals surface area contributed by atoms with Gasteiger partial charge in [0, 0.05) is 18.3 Å². The normalized spacial score (nSPS) is 21.0. The Bertz CT molecular complexity index is 932. The van der Waals surface area contributed by atoms with E-state index in [1.165, 1.54) is 6.92 Å². The largest absolute Gasteiger partial charge is 0.462 e. The second kappa shape index (κ2) is 7.03. The molecule has 2 N–H and O–H groups in total. The minimum absolute atomic E-state index is 0.00518. The maximum absolute atomic E-state index is 13.2. The van der Waals surface area contributed by atoms with Crippen LogP contribution in [0.4, 0.5) is 5.69 Å². The minimum atomic E-state index is -1.85. The molecule has 0 unspecified atom stereocenters. The van der Waals surface area contributed by atoms with Crippen molar-refractivity contribution >= 4 is 23.6 Å². The Labute approximate surface area is 162 Å². The van der Waals surface area contributed by atoms with Crippen molar-refractivity contribution in [2.45, 2.75) is 26.2 Å². The average Bonchev–Trinajstić information content (AvgIpc) is 2.91. The summed E-state index contributed by atoms with van der Waals surface area (Å²) in [6, 6.07) is 6.89. The van der Waals surface area contributed by atoms with Crippen LogP contribution in [0.2, 0.25) is 0 Å². The fraction of sp³-hybridized carbons (Fsp3) is 0.350. The zero-order valence-corrected chi connectivity index (χ0v) is 16.2. The van der Waals surface area contributed by atoms with Crippen molar-refractivity contribution in [3.63, 3.8) is 0 Å². The van der Waals surface area contributed by atoms with Crippen LogP contribution in [0.1, 0.15) is 26.3 Å². The third-order valence-electron chi connectivity index (χ3n) is 4.90. The van der Waals surface area contributed by atoms with E-state index in [1.54, 1.807) is 50.1 Å². The highest BCUT2D eigenvalue weighted by Gasteiger charge is 2.63. The van der Waals surface area contributed by atoms with Crippen LogP contribution in [-0.2, 0) is 34.0 Å². The lowest BCUT2D eigenvalue weighted by Crippen LogP contribution is -2.50. The molecule has 0 radical (unpaired) electrons. The van der Waals surface area contributed by atoms with Gasteiger partial charge in [0.1, 0.15) is 22.7 Å². The molecule has 0 aliphatic carbocycles. The fourth-order valence-electron chi connectivity index (χ4n) is 3.77. The molecule has 2 heterocycles. The van der Waals surface area contributed by atoms with Crippen molar-refractivity contribution in [3.05, 3.63) is 52.6 Å². The summed E-state index contributed by atoms with van der Waals surface area (Å²) in [7, 11) is 1.67. The number of ether oxygens (including phenoxy) is 3. The molecule has 1 aromatic carbocycles. The molecule has 8 heteroatoms. The Morgan fingerprint density at radius 1 is 1.11 bits per heavy atom. The summed E-state index contributed by atoms with van der Waals surface area (Å²) < 4.78 is 15.7. The highest BCUT2D eigenvalue weighted by molar-refractivity contribution is 6.16. The van der Waals surface area contributed by atoms with Crippen molar-refractivity contribution in [3.8, 4) is 0 Å². The number of nitrogens with two attached hydrogens (primary N) is 1. The molecule has 2 aliphatic rings. The molecule has 1 atom stereocenters. The zero-order chi connectivity index (χ0) is 20.6. The minimum Gasteiger partial charge on any atom is -0.462 e.